The average Bonchev–Trinajstić information content (AvgIpc) is 3.35. The third-order valence-corrected chi connectivity index (χ3v) is 7.51. The fourth-order valence-electron chi connectivity index (χ4n) is 5.36. The highest BCUT2D eigenvalue weighted by molar-refractivity contribution is 5.93. The summed E-state index contributed by atoms with van der Waals surface area (Å²) < 4.78 is 14.8. The Morgan fingerprint density at radius 2 is 1.79 bits per heavy atom. The molecule has 0 spiro atoms. The first-order chi connectivity index (χ1) is 16.3. The van der Waals surface area contributed by atoms with E-state index in [0.29, 0.717) is 30.2 Å². The lowest BCUT2D eigenvalue weighted by Crippen LogP contribution is -2.54. The van der Waals surface area contributed by atoms with Gasteiger partial charge in [-0.2, -0.15) is 0 Å². The first kappa shape index (κ1) is 24.4. The zero-order valence-electron chi connectivity index (χ0n) is 20.6. The molecule has 1 aliphatic heterocycles. The second kappa shape index (κ2) is 10.7. The van der Waals surface area contributed by atoms with E-state index in [9.17, 15) is 14.0 Å². The van der Waals surface area contributed by atoms with Crippen molar-refractivity contribution in [1.29, 1.82) is 0 Å². The van der Waals surface area contributed by atoms with Crippen LogP contribution in [-0.2, 0) is 22.6 Å². The van der Waals surface area contributed by atoms with E-state index in [2.05, 4.69) is 17.1 Å². The first-order valence-corrected chi connectivity index (χ1v) is 12.5. The summed E-state index contributed by atoms with van der Waals surface area (Å²) >= 11 is 0. The Morgan fingerprint density at radius 3 is 2.50 bits per heavy atom. The summed E-state index contributed by atoms with van der Waals surface area (Å²) in [6.45, 7) is 8.55. The summed E-state index contributed by atoms with van der Waals surface area (Å²) in [5.41, 5.74) is 4.08. The molecule has 6 heteroatoms. The van der Waals surface area contributed by atoms with Crippen LogP contribution in [0.15, 0.2) is 36.4 Å². The fourth-order valence-corrected chi connectivity index (χ4v) is 5.36. The maximum atomic E-state index is 14.8. The fraction of sp³-hybridized carbons (Fsp3) is 0.500. The Kier molecular flexibility index (Phi) is 7.67. The molecular weight excluding hydrogens is 429 g/mol. The monoisotopic (exact) mass is 465 g/mol. The van der Waals surface area contributed by atoms with Gasteiger partial charge >= 0.3 is 0 Å². The minimum absolute atomic E-state index is 0.109. The van der Waals surface area contributed by atoms with Crippen molar-refractivity contribution in [1.82, 2.24) is 9.80 Å². The molecular formula is C28H36FN3O2. The van der Waals surface area contributed by atoms with Gasteiger partial charge < -0.3 is 10.2 Å². The first-order valence-electron chi connectivity index (χ1n) is 12.5. The smallest absolute Gasteiger partial charge is 0.228 e. The molecule has 0 bridgehead atoms. The summed E-state index contributed by atoms with van der Waals surface area (Å²) in [4.78, 5) is 29.8. The molecule has 2 aliphatic rings. The van der Waals surface area contributed by atoms with Crippen LogP contribution in [0.3, 0.4) is 0 Å². The van der Waals surface area contributed by atoms with Gasteiger partial charge in [0.05, 0.1) is 6.42 Å². The molecule has 1 saturated heterocycles. The van der Waals surface area contributed by atoms with E-state index in [-0.39, 0.29) is 30.1 Å². The molecule has 1 atom stereocenters. The molecule has 0 aromatic heterocycles. The van der Waals surface area contributed by atoms with Gasteiger partial charge in [0.15, 0.2) is 0 Å². The number of rotatable bonds is 6. The Morgan fingerprint density at radius 1 is 1.06 bits per heavy atom. The number of piperazine rings is 1. The lowest BCUT2D eigenvalue weighted by molar-refractivity contribution is -0.140. The van der Waals surface area contributed by atoms with E-state index in [4.69, 9.17) is 0 Å². The van der Waals surface area contributed by atoms with Crippen LogP contribution >= 0.6 is 0 Å². The number of carbonyl (C=O) groups excluding carboxylic acids is 2. The number of nitrogens with one attached hydrogen (secondary N) is 1. The van der Waals surface area contributed by atoms with Gasteiger partial charge in [-0.1, -0.05) is 37.1 Å². The molecule has 0 radical (unpaired) electrons. The molecule has 5 nitrogen and oxygen atoms in total. The lowest BCUT2D eigenvalue weighted by atomic mass is 10.0. The molecule has 2 aromatic rings. The van der Waals surface area contributed by atoms with Crippen LogP contribution in [0.4, 0.5) is 10.1 Å². The summed E-state index contributed by atoms with van der Waals surface area (Å²) in [6, 6.07) is 11.0. The molecule has 1 heterocycles. The highest BCUT2D eigenvalue weighted by Crippen LogP contribution is 2.29. The number of amides is 2. The van der Waals surface area contributed by atoms with E-state index in [1.165, 1.54) is 6.07 Å². The van der Waals surface area contributed by atoms with Crippen LogP contribution in [0.25, 0.3) is 0 Å². The van der Waals surface area contributed by atoms with Crippen molar-refractivity contribution < 1.29 is 14.0 Å². The van der Waals surface area contributed by atoms with Gasteiger partial charge in [0.25, 0.3) is 0 Å². The molecule has 2 fully saturated rings. The van der Waals surface area contributed by atoms with Crippen molar-refractivity contribution in [3.05, 3.63) is 64.5 Å². The van der Waals surface area contributed by atoms with E-state index in [1.54, 1.807) is 6.07 Å². The van der Waals surface area contributed by atoms with Gasteiger partial charge in [0, 0.05) is 49.4 Å². The van der Waals surface area contributed by atoms with E-state index < -0.39 is 0 Å². The summed E-state index contributed by atoms with van der Waals surface area (Å²) in [6.07, 6.45) is 4.62. The van der Waals surface area contributed by atoms with Gasteiger partial charge in [0.1, 0.15) is 5.82 Å². The van der Waals surface area contributed by atoms with E-state index >= 15 is 0 Å². The zero-order chi connectivity index (χ0) is 24.2. The predicted octanol–water partition coefficient (Wildman–Crippen LogP) is 4.85. The second-order valence-corrected chi connectivity index (χ2v) is 9.95. The molecule has 182 valence electrons. The summed E-state index contributed by atoms with van der Waals surface area (Å²) in [7, 11) is 0. The van der Waals surface area contributed by atoms with Gasteiger partial charge in [-0.15, -0.1) is 0 Å². The number of benzene rings is 2. The Hall–Kier alpha value is -2.73. The Bertz CT molecular complexity index is 1050. The summed E-state index contributed by atoms with van der Waals surface area (Å²) in [5.74, 6) is 0.119. The molecule has 4 rings (SSSR count). The minimum atomic E-state index is -0.258. The largest absolute Gasteiger partial charge is 0.337 e. The standard InChI is InChI=1S/C28H36FN3O2/c1-19-8-4-5-11-23(19)16-27(33)30-26-13-12-25(29)24(21(26)3)18-31-14-15-32(20(2)17-31)28(34)22-9-6-7-10-22/h4-5,8,11-13,20,22H,6-7,9-10,14-18H2,1-3H3,(H,30,33). The maximum absolute atomic E-state index is 14.8. The maximum Gasteiger partial charge on any atom is 0.228 e. The van der Waals surface area contributed by atoms with Crippen molar-refractivity contribution in [3.63, 3.8) is 0 Å². The van der Waals surface area contributed by atoms with Crippen molar-refractivity contribution in [2.75, 3.05) is 25.0 Å². The quantitative estimate of drug-likeness (QED) is 0.664. The van der Waals surface area contributed by atoms with Crippen LogP contribution in [0.1, 0.15) is 54.9 Å². The zero-order valence-corrected chi connectivity index (χ0v) is 20.6. The molecule has 34 heavy (non-hydrogen) atoms. The lowest BCUT2D eigenvalue weighted by Gasteiger charge is -2.41. The number of aryl methyl sites for hydroxylation is 1. The SMILES string of the molecule is Cc1ccccc1CC(=O)Nc1ccc(F)c(CN2CCN(C(=O)C3CCCC3)C(C)C2)c1C. The molecule has 1 aliphatic carbocycles. The van der Waals surface area contributed by atoms with E-state index in [1.807, 2.05) is 43.0 Å². The van der Waals surface area contributed by atoms with Gasteiger partial charge in [0.2, 0.25) is 11.8 Å². The van der Waals surface area contributed by atoms with Crippen LogP contribution < -0.4 is 5.32 Å². The predicted molar refractivity (Wildman–Crippen MR) is 133 cm³/mol. The highest BCUT2D eigenvalue weighted by Gasteiger charge is 2.33. The summed E-state index contributed by atoms with van der Waals surface area (Å²) in [5, 5.41) is 2.98. The van der Waals surface area contributed by atoms with Crippen LogP contribution in [-0.4, -0.2) is 47.3 Å². The van der Waals surface area contributed by atoms with Crippen LogP contribution in [0, 0.1) is 25.6 Å². The van der Waals surface area contributed by atoms with Gasteiger partial charge in [-0.05, 0) is 62.4 Å². The molecule has 1 saturated carbocycles. The second-order valence-electron chi connectivity index (χ2n) is 9.95. The third kappa shape index (κ3) is 5.49. The minimum Gasteiger partial charge on any atom is -0.337 e. The van der Waals surface area contributed by atoms with Crippen molar-refractivity contribution in [2.24, 2.45) is 5.92 Å². The van der Waals surface area contributed by atoms with Crippen LogP contribution in [0.2, 0.25) is 0 Å². The van der Waals surface area contributed by atoms with Crippen molar-refractivity contribution in [2.45, 2.75) is 65.5 Å². The Labute approximate surface area is 202 Å². The normalized spacial score (nSPS) is 19.4. The van der Waals surface area contributed by atoms with Gasteiger partial charge in [-0.25, -0.2) is 4.39 Å². The van der Waals surface area contributed by atoms with Crippen molar-refractivity contribution in [3.8, 4) is 0 Å². The van der Waals surface area contributed by atoms with Crippen LogP contribution in [0.5, 0.6) is 0 Å². The number of hydrogen-bond donors (Lipinski definition) is 1. The molecule has 1 unspecified atom stereocenters. The van der Waals surface area contributed by atoms with Gasteiger partial charge in [-0.3, -0.25) is 14.5 Å². The number of halogens is 1. The molecule has 2 aromatic carbocycles. The third-order valence-electron chi connectivity index (χ3n) is 7.51. The Balaban J connectivity index is 1.40. The molecule has 1 N–H and O–H groups in total. The number of hydrogen-bond acceptors (Lipinski definition) is 3. The number of anilines is 1. The van der Waals surface area contributed by atoms with Crippen molar-refractivity contribution >= 4 is 17.5 Å². The number of nitrogens with zero attached hydrogens (tertiary/aromatic N) is 2. The van der Waals surface area contributed by atoms with E-state index in [0.717, 1.165) is 55.5 Å². The molecule has 2 amide bonds. The highest BCUT2D eigenvalue weighted by atomic mass is 19.1. The average molecular weight is 466 g/mol. The topological polar surface area (TPSA) is 52.7 Å². The number of carbonyl (C=O) groups is 2.